The van der Waals surface area contributed by atoms with Gasteiger partial charge >= 0.3 is 12.2 Å². The van der Waals surface area contributed by atoms with Gasteiger partial charge in [0.05, 0.1) is 24.5 Å². The molecule has 0 aliphatic carbocycles. The first kappa shape index (κ1) is 30.8. The molecule has 0 radical (unpaired) electrons. The number of likely N-dealkylation sites (tertiary alicyclic amines) is 2. The predicted molar refractivity (Wildman–Crippen MR) is 163 cm³/mol. The van der Waals surface area contributed by atoms with Crippen molar-refractivity contribution in [2.24, 2.45) is 0 Å². The van der Waals surface area contributed by atoms with E-state index in [2.05, 4.69) is 10.6 Å². The molecule has 0 atom stereocenters. The fourth-order valence-electron chi connectivity index (χ4n) is 5.37. The molecule has 3 heterocycles. The first-order valence-electron chi connectivity index (χ1n) is 14.6. The van der Waals surface area contributed by atoms with Crippen molar-refractivity contribution in [2.75, 3.05) is 75.2 Å². The third-order valence-electron chi connectivity index (χ3n) is 7.98. The van der Waals surface area contributed by atoms with Crippen LogP contribution in [0.2, 0.25) is 0 Å². The van der Waals surface area contributed by atoms with Gasteiger partial charge < -0.3 is 35.1 Å². The molecule has 0 bridgehead atoms. The summed E-state index contributed by atoms with van der Waals surface area (Å²) in [7, 11) is 0. The Balaban J connectivity index is 1.49. The van der Waals surface area contributed by atoms with Crippen molar-refractivity contribution in [3.8, 4) is 0 Å². The summed E-state index contributed by atoms with van der Waals surface area (Å²) in [4.78, 5) is 67.8. The second-order valence-corrected chi connectivity index (χ2v) is 10.8. The largest absolute Gasteiger partial charge is 0.465 e. The molecule has 2 fully saturated rings. The zero-order valence-electron chi connectivity index (χ0n) is 24.5. The Hall–Kier alpha value is -4.69. The van der Waals surface area contributed by atoms with E-state index in [1.807, 2.05) is 0 Å². The van der Waals surface area contributed by atoms with Crippen molar-refractivity contribution in [1.29, 1.82) is 0 Å². The molecule has 2 aliphatic heterocycles. The van der Waals surface area contributed by atoms with Crippen molar-refractivity contribution < 1.29 is 38.6 Å². The summed E-state index contributed by atoms with van der Waals surface area (Å²) >= 11 is 0. The van der Waals surface area contributed by atoms with Crippen LogP contribution in [0, 0.1) is 0 Å². The van der Waals surface area contributed by atoms with E-state index >= 15 is 0 Å². The Kier molecular flexibility index (Phi) is 9.30. The summed E-state index contributed by atoms with van der Waals surface area (Å²) in [5, 5.41) is 27.7. The minimum atomic E-state index is -1.29. The predicted octanol–water partition coefficient (Wildman–Crippen LogP) is 2.40. The summed E-state index contributed by atoms with van der Waals surface area (Å²) < 4.78 is 5.95. The maximum atomic E-state index is 12.6. The number of nitrogens with zero attached hydrogens (tertiary/aromatic N) is 4. The summed E-state index contributed by atoms with van der Waals surface area (Å²) in [6, 6.07) is 8.21. The summed E-state index contributed by atoms with van der Waals surface area (Å²) in [5.74, 6) is -0.571. The van der Waals surface area contributed by atoms with Crippen LogP contribution in [0.1, 0.15) is 30.3 Å². The van der Waals surface area contributed by atoms with Crippen molar-refractivity contribution in [3.63, 3.8) is 0 Å². The van der Waals surface area contributed by atoms with E-state index in [0.29, 0.717) is 10.8 Å². The van der Waals surface area contributed by atoms with Gasteiger partial charge in [-0.3, -0.25) is 24.2 Å². The monoisotopic (exact) mass is 608 g/mol. The highest BCUT2D eigenvalue weighted by atomic mass is 16.4. The van der Waals surface area contributed by atoms with Crippen LogP contribution >= 0.6 is 0 Å². The van der Waals surface area contributed by atoms with Crippen molar-refractivity contribution >= 4 is 62.9 Å². The molecular weight excluding hydrogens is 572 g/mol. The fourth-order valence-corrected chi connectivity index (χ4v) is 5.37. The van der Waals surface area contributed by atoms with Crippen LogP contribution in [-0.4, -0.2) is 115 Å². The molecule has 234 valence electrons. The number of furan rings is 1. The normalized spacial score (nSPS) is 14.3. The zero-order valence-corrected chi connectivity index (χ0v) is 24.5. The van der Waals surface area contributed by atoms with E-state index in [0.717, 1.165) is 48.8 Å². The maximum Gasteiger partial charge on any atom is 0.412 e. The van der Waals surface area contributed by atoms with Crippen LogP contribution in [0.5, 0.6) is 0 Å². The van der Waals surface area contributed by atoms with Gasteiger partial charge in [-0.15, -0.1) is 0 Å². The molecule has 5 rings (SSSR count). The third-order valence-corrected chi connectivity index (χ3v) is 7.98. The van der Waals surface area contributed by atoms with E-state index in [9.17, 15) is 34.2 Å². The van der Waals surface area contributed by atoms with E-state index < -0.39 is 18.0 Å². The standard InChI is InChI=1S/C30H36N6O8/c1-19(37)23-16-22-26(35(29(40)41)14-8-31-17-24(38)33-10-4-11-33)20-6-2-3-7-21(20)27(28(22)44-23)36(30(42)43)15-9-32-18-25(39)34-12-5-13-34/h2-3,6-7,16,31-32H,4-5,8-15,17-18H2,1H3,(H,40,41)(H,42,43). The van der Waals surface area contributed by atoms with Crippen molar-refractivity contribution in [1.82, 2.24) is 20.4 Å². The topological polar surface area (TPSA) is 176 Å². The SMILES string of the molecule is CC(=O)c1cc2c(N(CCNCC(=O)N3CCC3)C(=O)O)c3ccccc3c(N(CCNCC(=O)N3CCC3)C(=O)O)c2o1. The van der Waals surface area contributed by atoms with Crippen molar-refractivity contribution in [2.45, 2.75) is 19.8 Å². The zero-order chi connectivity index (χ0) is 31.4. The lowest BCUT2D eigenvalue weighted by Gasteiger charge is -2.31. The van der Waals surface area contributed by atoms with Gasteiger partial charge in [0.2, 0.25) is 11.8 Å². The average molecular weight is 609 g/mol. The second-order valence-electron chi connectivity index (χ2n) is 10.8. The van der Waals surface area contributed by atoms with Crippen LogP contribution in [-0.2, 0) is 9.59 Å². The number of amides is 4. The van der Waals surface area contributed by atoms with Crippen LogP contribution in [0.25, 0.3) is 21.7 Å². The quantitative estimate of drug-likeness (QED) is 0.128. The van der Waals surface area contributed by atoms with Gasteiger partial charge in [-0.05, 0) is 18.9 Å². The Morgan fingerprint density at radius 2 is 1.25 bits per heavy atom. The first-order chi connectivity index (χ1) is 21.2. The average Bonchev–Trinajstić information content (AvgIpc) is 3.36. The molecule has 2 saturated heterocycles. The van der Waals surface area contributed by atoms with E-state index in [4.69, 9.17) is 4.42 Å². The van der Waals surface area contributed by atoms with Gasteiger partial charge in [0.25, 0.3) is 0 Å². The van der Waals surface area contributed by atoms with Crippen molar-refractivity contribution in [3.05, 3.63) is 36.1 Å². The first-order valence-corrected chi connectivity index (χ1v) is 14.6. The number of Topliss-reactive ketones (excluding diaryl/α,β-unsaturated/α-hetero) is 1. The molecular formula is C30H36N6O8. The van der Waals surface area contributed by atoms with Gasteiger partial charge in [-0.25, -0.2) is 9.59 Å². The summed E-state index contributed by atoms with van der Waals surface area (Å²) in [6.07, 6.45) is -0.612. The molecule has 4 amide bonds. The molecule has 4 N–H and O–H groups in total. The Labute approximate surface area is 253 Å². The lowest BCUT2D eigenvalue weighted by atomic mass is 10.0. The molecule has 0 saturated carbocycles. The van der Waals surface area contributed by atoms with Gasteiger partial charge in [-0.2, -0.15) is 0 Å². The highest BCUT2D eigenvalue weighted by Gasteiger charge is 2.30. The number of carbonyl (C=O) groups excluding carboxylic acids is 3. The Morgan fingerprint density at radius 3 is 1.68 bits per heavy atom. The molecule has 2 aliphatic rings. The molecule has 44 heavy (non-hydrogen) atoms. The van der Waals surface area contributed by atoms with Gasteiger partial charge in [-0.1, -0.05) is 24.3 Å². The molecule has 14 nitrogen and oxygen atoms in total. The second kappa shape index (κ2) is 13.3. The number of carboxylic acid groups (broad SMARTS) is 2. The number of rotatable bonds is 13. The van der Waals surface area contributed by atoms with E-state index in [1.165, 1.54) is 13.0 Å². The molecule has 0 unspecified atom stereocenters. The van der Waals surface area contributed by atoms with E-state index in [-0.39, 0.29) is 79.2 Å². The molecule has 3 aromatic rings. The number of nitrogens with one attached hydrogen (secondary N) is 2. The highest BCUT2D eigenvalue weighted by molar-refractivity contribution is 6.23. The lowest BCUT2D eigenvalue weighted by molar-refractivity contribution is -0.134. The number of benzene rings is 2. The van der Waals surface area contributed by atoms with Gasteiger partial charge in [0.1, 0.15) is 0 Å². The van der Waals surface area contributed by atoms with Crippen LogP contribution in [0.4, 0.5) is 21.0 Å². The number of ketones is 1. The van der Waals surface area contributed by atoms with Crippen LogP contribution in [0.3, 0.4) is 0 Å². The summed E-state index contributed by atoms with van der Waals surface area (Å²) in [6.45, 7) is 4.58. The van der Waals surface area contributed by atoms with Gasteiger partial charge in [0.15, 0.2) is 17.1 Å². The van der Waals surface area contributed by atoms with Crippen LogP contribution in [0.15, 0.2) is 34.7 Å². The lowest BCUT2D eigenvalue weighted by Crippen LogP contribution is -2.47. The molecule has 1 aromatic heterocycles. The molecule has 2 aromatic carbocycles. The minimum absolute atomic E-state index is 0.0285. The third kappa shape index (κ3) is 6.31. The summed E-state index contributed by atoms with van der Waals surface area (Å²) in [5.41, 5.74) is 0.455. The number of carbonyl (C=O) groups is 5. The Bertz CT molecular complexity index is 1490. The molecule has 14 heteroatoms. The van der Waals surface area contributed by atoms with E-state index in [1.54, 1.807) is 34.1 Å². The Morgan fingerprint density at radius 1 is 0.773 bits per heavy atom. The molecule has 0 spiro atoms. The maximum absolute atomic E-state index is 12.6. The highest BCUT2D eigenvalue weighted by Crippen LogP contribution is 2.45. The van der Waals surface area contributed by atoms with Crippen LogP contribution < -0.4 is 20.4 Å². The van der Waals surface area contributed by atoms with Gasteiger partial charge in [0, 0.05) is 75.4 Å². The number of fused-ring (bicyclic) bond motifs is 2. The fraction of sp³-hybridized carbons (Fsp3) is 0.433. The number of anilines is 2. The number of hydrogen-bond donors (Lipinski definition) is 4. The number of hydrogen-bond acceptors (Lipinski definition) is 8. The minimum Gasteiger partial charge on any atom is -0.465 e. The smallest absolute Gasteiger partial charge is 0.412 e.